The molecule has 4 nitrogen and oxygen atoms in total. The predicted octanol–water partition coefficient (Wildman–Crippen LogP) is 4.29. The van der Waals surface area contributed by atoms with Crippen LogP contribution in [0.5, 0.6) is 11.5 Å². The maximum Gasteiger partial charge on any atom is 0.392 e. The molecular formula is C16H11F5N2O2. The maximum absolute atomic E-state index is 13.1. The molecule has 2 atom stereocenters. The van der Waals surface area contributed by atoms with Crippen LogP contribution in [0.2, 0.25) is 0 Å². The highest BCUT2D eigenvalue weighted by Gasteiger charge is 2.58. The zero-order valence-corrected chi connectivity index (χ0v) is 12.5. The predicted molar refractivity (Wildman–Crippen MR) is 77.0 cm³/mol. The summed E-state index contributed by atoms with van der Waals surface area (Å²) in [6.45, 7) is 0. The van der Waals surface area contributed by atoms with Crippen LogP contribution in [-0.2, 0) is 4.79 Å². The van der Waals surface area contributed by atoms with Gasteiger partial charge in [0, 0.05) is 6.07 Å². The molecule has 1 fully saturated rings. The SMILES string of the molecule is O=C(Nc1ccc(Oc2ccc(F)c(F)c2)cn1)C1C[C@@H]1C(F)(F)F. The molecule has 1 N–H and O–H groups in total. The van der Waals surface area contributed by atoms with E-state index in [0.717, 1.165) is 12.1 Å². The monoisotopic (exact) mass is 358 g/mol. The number of anilines is 1. The van der Waals surface area contributed by atoms with Crippen molar-refractivity contribution in [3.63, 3.8) is 0 Å². The Morgan fingerprint density at radius 1 is 1.12 bits per heavy atom. The highest BCUT2D eigenvalue weighted by atomic mass is 19.4. The quantitative estimate of drug-likeness (QED) is 0.830. The van der Waals surface area contributed by atoms with Crippen molar-refractivity contribution in [3.8, 4) is 11.5 Å². The normalized spacial score (nSPS) is 19.4. The molecule has 1 aromatic heterocycles. The van der Waals surface area contributed by atoms with Gasteiger partial charge in [-0.25, -0.2) is 13.8 Å². The van der Waals surface area contributed by atoms with Crippen LogP contribution in [0.25, 0.3) is 0 Å². The van der Waals surface area contributed by atoms with Crippen molar-refractivity contribution in [1.82, 2.24) is 4.98 Å². The topological polar surface area (TPSA) is 51.2 Å². The molecule has 3 rings (SSSR count). The van der Waals surface area contributed by atoms with Crippen LogP contribution in [-0.4, -0.2) is 17.1 Å². The molecule has 1 heterocycles. The van der Waals surface area contributed by atoms with Gasteiger partial charge in [0.2, 0.25) is 5.91 Å². The molecule has 1 aliphatic carbocycles. The summed E-state index contributed by atoms with van der Waals surface area (Å²) in [6, 6.07) is 5.70. The Morgan fingerprint density at radius 3 is 2.40 bits per heavy atom. The molecule has 1 amide bonds. The van der Waals surface area contributed by atoms with E-state index in [0.29, 0.717) is 0 Å². The lowest BCUT2D eigenvalue weighted by atomic mass is 10.3. The first-order chi connectivity index (χ1) is 11.7. The number of nitrogens with zero attached hydrogens (tertiary/aromatic N) is 1. The molecular weight excluding hydrogens is 347 g/mol. The number of pyridine rings is 1. The van der Waals surface area contributed by atoms with Gasteiger partial charge in [-0.15, -0.1) is 0 Å². The second-order valence-electron chi connectivity index (χ2n) is 5.54. The van der Waals surface area contributed by atoms with E-state index >= 15 is 0 Å². The van der Waals surface area contributed by atoms with Crippen LogP contribution in [0, 0.1) is 23.5 Å². The summed E-state index contributed by atoms with van der Waals surface area (Å²) in [5.74, 6) is -5.24. The molecule has 0 bridgehead atoms. The number of hydrogen-bond acceptors (Lipinski definition) is 3. The zero-order chi connectivity index (χ0) is 18.2. The highest BCUT2D eigenvalue weighted by Crippen LogP contribution is 2.50. The third-order valence-electron chi connectivity index (χ3n) is 3.66. The van der Waals surface area contributed by atoms with Gasteiger partial charge in [0.15, 0.2) is 11.6 Å². The first-order valence-electron chi connectivity index (χ1n) is 7.20. The van der Waals surface area contributed by atoms with Gasteiger partial charge in [0.05, 0.1) is 18.0 Å². The van der Waals surface area contributed by atoms with Crippen LogP contribution in [0.4, 0.5) is 27.8 Å². The van der Waals surface area contributed by atoms with Crippen LogP contribution >= 0.6 is 0 Å². The molecule has 1 unspecified atom stereocenters. The van der Waals surface area contributed by atoms with E-state index in [-0.39, 0.29) is 23.7 Å². The molecule has 0 spiro atoms. The number of benzene rings is 1. The Hall–Kier alpha value is -2.71. The fourth-order valence-corrected chi connectivity index (χ4v) is 2.26. The lowest BCUT2D eigenvalue weighted by molar-refractivity contribution is -0.153. The summed E-state index contributed by atoms with van der Waals surface area (Å²) in [5, 5.41) is 2.30. The first-order valence-corrected chi connectivity index (χ1v) is 7.20. The number of nitrogens with one attached hydrogen (secondary N) is 1. The van der Waals surface area contributed by atoms with E-state index in [1.54, 1.807) is 0 Å². The van der Waals surface area contributed by atoms with Gasteiger partial charge in [-0.2, -0.15) is 13.2 Å². The van der Waals surface area contributed by atoms with Gasteiger partial charge in [-0.05, 0) is 30.7 Å². The van der Waals surface area contributed by atoms with Crippen molar-refractivity contribution in [2.75, 3.05) is 5.32 Å². The summed E-state index contributed by atoms with van der Waals surface area (Å²) in [7, 11) is 0. The average molecular weight is 358 g/mol. The third-order valence-corrected chi connectivity index (χ3v) is 3.66. The fourth-order valence-electron chi connectivity index (χ4n) is 2.26. The summed E-state index contributed by atoms with van der Waals surface area (Å²) in [5.41, 5.74) is 0. The van der Waals surface area contributed by atoms with E-state index in [2.05, 4.69) is 10.3 Å². The number of halogens is 5. The zero-order valence-electron chi connectivity index (χ0n) is 12.5. The first kappa shape index (κ1) is 17.1. The lowest BCUT2D eigenvalue weighted by Crippen LogP contribution is -2.20. The van der Waals surface area contributed by atoms with Gasteiger partial charge in [0.1, 0.15) is 17.3 Å². The summed E-state index contributed by atoms with van der Waals surface area (Å²) in [6.07, 6.45) is -3.41. The molecule has 25 heavy (non-hydrogen) atoms. The number of rotatable bonds is 4. The smallest absolute Gasteiger partial charge is 0.392 e. The maximum atomic E-state index is 13.1. The minimum absolute atomic E-state index is 0.0449. The van der Waals surface area contributed by atoms with Crippen molar-refractivity contribution in [2.24, 2.45) is 11.8 Å². The summed E-state index contributed by atoms with van der Waals surface area (Å²) in [4.78, 5) is 15.6. The average Bonchev–Trinajstić information content (AvgIpc) is 3.34. The summed E-state index contributed by atoms with van der Waals surface area (Å²) >= 11 is 0. The molecule has 0 radical (unpaired) electrons. The second-order valence-corrected chi connectivity index (χ2v) is 5.54. The van der Waals surface area contributed by atoms with Crippen molar-refractivity contribution in [1.29, 1.82) is 0 Å². The van der Waals surface area contributed by atoms with Gasteiger partial charge in [0.25, 0.3) is 0 Å². The largest absolute Gasteiger partial charge is 0.456 e. The van der Waals surface area contributed by atoms with Crippen molar-refractivity contribution < 1.29 is 31.5 Å². The van der Waals surface area contributed by atoms with E-state index < -0.39 is 35.6 Å². The Kier molecular flexibility index (Phi) is 4.32. The van der Waals surface area contributed by atoms with Crippen LogP contribution in [0.3, 0.4) is 0 Å². The lowest BCUT2D eigenvalue weighted by Gasteiger charge is -2.08. The number of ether oxygens (including phenoxy) is 1. The summed E-state index contributed by atoms with van der Waals surface area (Å²) < 4.78 is 68.5. The van der Waals surface area contributed by atoms with E-state index in [1.807, 2.05) is 0 Å². The number of amides is 1. The Labute approximate surface area is 138 Å². The Balaban J connectivity index is 1.59. The number of hydrogen-bond donors (Lipinski definition) is 1. The number of carbonyl (C=O) groups is 1. The molecule has 1 saturated carbocycles. The van der Waals surface area contributed by atoms with Gasteiger partial charge >= 0.3 is 6.18 Å². The van der Waals surface area contributed by atoms with E-state index in [4.69, 9.17) is 4.74 Å². The van der Waals surface area contributed by atoms with Crippen LogP contribution < -0.4 is 10.1 Å². The number of aromatic nitrogens is 1. The molecule has 1 aliphatic rings. The highest BCUT2D eigenvalue weighted by molar-refractivity contribution is 5.93. The van der Waals surface area contributed by atoms with Crippen molar-refractivity contribution in [3.05, 3.63) is 48.2 Å². The molecule has 0 saturated heterocycles. The molecule has 9 heteroatoms. The van der Waals surface area contributed by atoms with Crippen LogP contribution in [0.15, 0.2) is 36.5 Å². The van der Waals surface area contributed by atoms with Gasteiger partial charge in [-0.3, -0.25) is 4.79 Å². The Bertz CT molecular complexity index is 792. The number of carbonyl (C=O) groups excluding carboxylic acids is 1. The van der Waals surface area contributed by atoms with Gasteiger partial charge in [-0.1, -0.05) is 0 Å². The fraction of sp³-hybridized carbons (Fsp3) is 0.250. The van der Waals surface area contributed by atoms with Crippen LogP contribution in [0.1, 0.15) is 6.42 Å². The minimum Gasteiger partial charge on any atom is -0.456 e. The molecule has 2 aromatic rings. The van der Waals surface area contributed by atoms with Crippen molar-refractivity contribution in [2.45, 2.75) is 12.6 Å². The van der Waals surface area contributed by atoms with E-state index in [1.165, 1.54) is 24.4 Å². The van der Waals surface area contributed by atoms with Crippen molar-refractivity contribution >= 4 is 11.7 Å². The van der Waals surface area contributed by atoms with E-state index in [9.17, 15) is 26.7 Å². The Morgan fingerprint density at radius 2 is 1.84 bits per heavy atom. The second kappa shape index (κ2) is 6.30. The molecule has 132 valence electrons. The third kappa shape index (κ3) is 4.04. The van der Waals surface area contributed by atoms with Gasteiger partial charge < -0.3 is 10.1 Å². The molecule has 0 aliphatic heterocycles. The minimum atomic E-state index is -4.38. The molecule has 1 aromatic carbocycles. The number of alkyl halides is 3. The standard InChI is InChI=1S/C16H11F5N2O2/c17-12-3-1-8(5-13(12)18)25-9-2-4-14(22-7-9)23-15(24)10-6-11(10)16(19,20)21/h1-5,7,10-11H,6H2,(H,22,23,24)/t10?,11-/m0/s1.